The van der Waals surface area contributed by atoms with E-state index in [1.807, 2.05) is 4.90 Å². The van der Waals surface area contributed by atoms with E-state index in [4.69, 9.17) is 10.5 Å². The molecule has 0 aromatic carbocycles. The van der Waals surface area contributed by atoms with Gasteiger partial charge < -0.3 is 15.4 Å². The van der Waals surface area contributed by atoms with Gasteiger partial charge in [0.25, 0.3) is 5.91 Å². The molecule has 0 unspecified atom stereocenters. The van der Waals surface area contributed by atoms with E-state index < -0.39 is 0 Å². The largest absolute Gasteiger partial charge is 0.364 e. The summed E-state index contributed by atoms with van der Waals surface area (Å²) in [7, 11) is 0. The molecular formula is C10H18N2O2. The van der Waals surface area contributed by atoms with Crippen LogP contribution < -0.4 is 5.73 Å². The van der Waals surface area contributed by atoms with Gasteiger partial charge in [0.15, 0.2) is 0 Å². The van der Waals surface area contributed by atoms with Crippen LogP contribution in [0.2, 0.25) is 0 Å². The van der Waals surface area contributed by atoms with Crippen LogP contribution in [0, 0.1) is 0 Å². The number of hydrogen-bond acceptors (Lipinski definition) is 3. The van der Waals surface area contributed by atoms with Crippen molar-refractivity contribution in [2.45, 2.75) is 37.9 Å². The fourth-order valence-electron chi connectivity index (χ4n) is 2.20. The highest BCUT2D eigenvalue weighted by atomic mass is 16.5. The molecule has 4 heteroatoms. The Morgan fingerprint density at radius 1 is 1.36 bits per heavy atom. The van der Waals surface area contributed by atoms with Gasteiger partial charge in [-0.1, -0.05) is 0 Å². The molecule has 0 aromatic rings. The van der Waals surface area contributed by atoms with Gasteiger partial charge in [-0.25, -0.2) is 0 Å². The molecule has 0 aliphatic carbocycles. The predicted octanol–water partition coefficient (Wildman–Crippen LogP) is 0.115. The molecule has 0 saturated carbocycles. The molecule has 14 heavy (non-hydrogen) atoms. The lowest BCUT2D eigenvalue weighted by Crippen LogP contribution is -2.37. The van der Waals surface area contributed by atoms with Crippen molar-refractivity contribution in [3.05, 3.63) is 0 Å². The monoisotopic (exact) mass is 198 g/mol. The number of nitrogens with zero attached hydrogens (tertiary/aromatic N) is 1. The lowest BCUT2D eigenvalue weighted by molar-refractivity contribution is -0.141. The van der Waals surface area contributed by atoms with E-state index in [-0.39, 0.29) is 18.1 Å². The molecule has 2 N–H and O–H groups in total. The predicted molar refractivity (Wildman–Crippen MR) is 52.8 cm³/mol. The van der Waals surface area contributed by atoms with Crippen molar-refractivity contribution in [3.63, 3.8) is 0 Å². The second-order valence-electron chi connectivity index (χ2n) is 4.09. The summed E-state index contributed by atoms with van der Waals surface area (Å²) in [4.78, 5) is 13.8. The molecule has 2 aliphatic heterocycles. The Labute approximate surface area is 84.4 Å². The minimum absolute atomic E-state index is 0.103. The van der Waals surface area contributed by atoms with Crippen LogP contribution in [0.3, 0.4) is 0 Å². The van der Waals surface area contributed by atoms with Crippen LogP contribution in [0.5, 0.6) is 0 Å². The summed E-state index contributed by atoms with van der Waals surface area (Å²) in [5, 5.41) is 0. The highest BCUT2D eigenvalue weighted by Gasteiger charge is 2.33. The first-order valence-corrected chi connectivity index (χ1v) is 5.45. The summed E-state index contributed by atoms with van der Waals surface area (Å²) in [5.74, 6) is 0.179. The molecule has 2 atom stereocenters. The highest BCUT2D eigenvalue weighted by molar-refractivity contribution is 5.81. The molecule has 0 aromatic heterocycles. The van der Waals surface area contributed by atoms with Crippen molar-refractivity contribution in [3.8, 4) is 0 Å². The first kappa shape index (κ1) is 9.93. The van der Waals surface area contributed by atoms with Crippen molar-refractivity contribution in [2.24, 2.45) is 5.73 Å². The zero-order chi connectivity index (χ0) is 9.97. The third-order valence-electron chi connectivity index (χ3n) is 3.06. The average Bonchev–Trinajstić information content (AvgIpc) is 2.88. The minimum Gasteiger partial charge on any atom is -0.364 e. The second-order valence-corrected chi connectivity index (χ2v) is 4.09. The summed E-state index contributed by atoms with van der Waals surface area (Å²) in [6.07, 6.45) is 3.95. The molecular weight excluding hydrogens is 180 g/mol. The molecule has 2 aliphatic rings. The van der Waals surface area contributed by atoms with Crippen LogP contribution in [-0.2, 0) is 9.53 Å². The maximum Gasteiger partial charge on any atom is 0.251 e. The van der Waals surface area contributed by atoms with Crippen LogP contribution in [0.4, 0.5) is 0 Å². The summed E-state index contributed by atoms with van der Waals surface area (Å²) in [6, 6.07) is 0. The van der Waals surface area contributed by atoms with E-state index in [1.165, 1.54) is 0 Å². The maximum absolute atomic E-state index is 11.9. The van der Waals surface area contributed by atoms with Gasteiger partial charge in [-0.15, -0.1) is 0 Å². The summed E-state index contributed by atoms with van der Waals surface area (Å²) >= 11 is 0. The number of ether oxygens (including phenoxy) is 1. The molecule has 2 rings (SSSR count). The number of likely N-dealkylation sites (tertiary alicyclic amines) is 1. The first-order chi connectivity index (χ1) is 6.81. The van der Waals surface area contributed by atoms with Crippen molar-refractivity contribution >= 4 is 5.91 Å². The van der Waals surface area contributed by atoms with E-state index in [0.717, 1.165) is 38.8 Å². The Bertz CT molecular complexity index is 214. The third-order valence-corrected chi connectivity index (χ3v) is 3.06. The average molecular weight is 198 g/mol. The molecule has 0 bridgehead atoms. The normalized spacial score (nSPS) is 32.5. The van der Waals surface area contributed by atoms with Crippen LogP contribution in [-0.4, -0.2) is 42.6 Å². The number of carbonyl (C=O) groups excluding carboxylic acids is 1. The van der Waals surface area contributed by atoms with Gasteiger partial charge in [0.1, 0.15) is 6.10 Å². The van der Waals surface area contributed by atoms with Crippen molar-refractivity contribution in [1.29, 1.82) is 0 Å². The van der Waals surface area contributed by atoms with Crippen molar-refractivity contribution in [2.75, 3.05) is 19.6 Å². The van der Waals surface area contributed by atoms with Gasteiger partial charge in [0.2, 0.25) is 0 Å². The van der Waals surface area contributed by atoms with Gasteiger partial charge in [-0.2, -0.15) is 0 Å². The fraction of sp³-hybridized carbons (Fsp3) is 0.900. The third kappa shape index (κ3) is 1.91. The van der Waals surface area contributed by atoms with Gasteiger partial charge in [0, 0.05) is 19.6 Å². The van der Waals surface area contributed by atoms with Crippen LogP contribution >= 0.6 is 0 Å². The number of amides is 1. The Kier molecular flexibility index (Phi) is 3.03. The quantitative estimate of drug-likeness (QED) is 0.685. The fourth-order valence-corrected chi connectivity index (χ4v) is 2.20. The Balaban J connectivity index is 1.86. The molecule has 1 amide bonds. The van der Waals surface area contributed by atoms with Crippen LogP contribution in [0.25, 0.3) is 0 Å². The Hall–Kier alpha value is -0.610. The van der Waals surface area contributed by atoms with E-state index in [2.05, 4.69) is 0 Å². The summed E-state index contributed by atoms with van der Waals surface area (Å²) in [6.45, 7) is 2.35. The molecule has 80 valence electrons. The smallest absolute Gasteiger partial charge is 0.251 e. The van der Waals surface area contributed by atoms with Crippen LogP contribution in [0.1, 0.15) is 25.7 Å². The van der Waals surface area contributed by atoms with E-state index >= 15 is 0 Å². The highest BCUT2D eigenvalue weighted by Crippen LogP contribution is 2.22. The Morgan fingerprint density at radius 3 is 2.64 bits per heavy atom. The van der Waals surface area contributed by atoms with Crippen LogP contribution in [0.15, 0.2) is 0 Å². The molecule has 2 heterocycles. The summed E-state index contributed by atoms with van der Waals surface area (Å²) < 4.78 is 5.57. The zero-order valence-electron chi connectivity index (χ0n) is 8.45. The second kappa shape index (κ2) is 4.28. The minimum atomic E-state index is -0.207. The lowest BCUT2D eigenvalue weighted by atomic mass is 10.2. The van der Waals surface area contributed by atoms with Gasteiger partial charge >= 0.3 is 0 Å². The number of hydrogen-bond donors (Lipinski definition) is 1. The van der Waals surface area contributed by atoms with E-state index in [9.17, 15) is 4.79 Å². The Morgan fingerprint density at radius 2 is 2.07 bits per heavy atom. The zero-order valence-corrected chi connectivity index (χ0v) is 8.45. The first-order valence-electron chi connectivity index (χ1n) is 5.45. The molecule has 2 fully saturated rings. The molecule has 0 spiro atoms. The van der Waals surface area contributed by atoms with Gasteiger partial charge in [0.05, 0.1) is 6.10 Å². The summed E-state index contributed by atoms with van der Waals surface area (Å²) in [5.41, 5.74) is 5.50. The molecule has 0 radical (unpaired) electrons. The van der Waals surface area contributed by atoms with E-state index in [1.54, 1.807) is 0 Å². The van der Waals surface area contributed by atoms with Crippen molar-refractivity contribution in [1.82, 2.24) is 4.90 Å². The SMILES string of the molecule is NC[C@H]1CC[C@@H](C(=O)N2CCCC2)O1. The lowest BCUT2D eigenvalue weighted by Gasteiger charge is -2.19. The maximum atomic E-state index is 11.9. The number of carbonyl (C=O) groups is 1. The number of rotatable bonds is 2. The molecule has 4 nitrogen and oxygen atoms in total. The van der Waals surface area contributed by atoms with Gasteiger partial charge in [-0.05, 0) is 25.7 Å². The van der Waals surface area contributed by atoms with E-state index in [0.29, 0.717) is 6.54 Å². The molecule has 2 saturated heterocycles. The topological polar surface area (TPSA) is 55.6 Å². The standard InChI is InChI=1S/C10H18N2O2/c11-7-8-3-4-9(14-8)10(13)12-5-1-2-6-12/h8-9H,1-7,11H2/t8-,9+/m1/s1. The number of nitrogens with two attached hydrogens (primary N) is 1. The van der Waals surface area contributed by atoms with Crippen molar-refractivity contribution < 1.29 is 9.53 Å². The van der Waals surface area contributed by atoms with Gasteiger partial charge in [-0.3, -0.25) is 4.79 Å².